The summed E-state index contributed by atoms with van der Waals surface area (Å²) < 4.78 is 5.84. The summed E-state index contributed by atoms with van der Waals surface area (Å²) in [5, 5.41) is 3.29. The molecule has 0 saturated carbocycles. The second kappa shape index (κ2) is 7.63. The molecule has 1 amide bonds. The van der Waals surface area contributed by atoms with Gasteiger partial charge in [-0.1, -0.05) is 6.07 Å². The number of rotatable bonds is 5. The Balaban J connectivity index is 1.37. The van der Waals surface area contributed by atoms with Gasteiger partial charge in [0.1, 0.15) is 17.3 Å². The predicted molar refractivity (Wildman–Crippen MR) is 113 cm³/mol. The Morgan fingerprint density at radius 3 is 2.33 bits per heavy atom. The van der Waals surface area contributed by atoms with Crippen LogP contribution < -0.4 is 15.0 Å². The maximum Gasteiger partial charge on any atom is 0.260 e. The minimum Gasteiger partial charge on any atom is -0.457 e. The third kappa shape index (κ3) is 3.56. The molecule has 0 fully saturated rings. The summed E-state index contributed by atoms with van der Waals surface area (Å²) in [6.45, 7) is 0.468. The molecule has 1 aliphatic heterocycles. The van der Waals surface area contributed by atoms with E-state index in [9.17, 15) is 4.79 Å². The van der Waals surface area contributed by atoms with E-state index in [0.29, 0.717) is 29.4 Å². The lowest BCUT2D eigenvalue weighted by Crippen LogP contribution is -2.23. The Labute approximate surface area is 173 Å². The molecule has 7 nitrogen and oxygen atoms in total. The molecule has 0 radical (unpaired) electrons. The van der Waals surface area contributed by atoms with E-state index in [4.69, 9.17) is 4.74 Å². The van der Waals surface area contributed by atoms with Crippen molar-refractivity contribution in [3.63, 3.8) is 0 Å². The molecule has 5 rings (SSSR count). The fraction of sp³-hybridized carbons (Fsp3) is 0.0435. The van der Waals surface area contributed by atoms with Crippen LogP contribution in [0.2, 0.25) is 0 Å². The van der Waals surface area contributed by atoms with Crippen LogP contribution in [0.3, 0.4) is 0 Å². The Morgan fingerprint density at radius 2 is 1.53 bits per heavy atom. The molecule has 3 aromatic heterocycles. The zero-order valence-corrected chi connectivity index (χ0v) is 15.9. The van der Waals surface area contributed by atoms with Crippen molar-refractivity contribution >= 4 is 23.1 Å². The van der Waals surface area contributed by atoms with Crippen LogP contribution in [0, 0.1) is 0 Å². The van der Waals surface area contributed by atoms with Crippen molar-refractivity contribution in [3.8, 4) is 11.5 Å². The van der Waals surface area contributed by atoms with E-state index in [1.807, 2.05) is 30.3 Å². The van der Waals surface area contributed by atoms with Crippen LogP contribution in [-0.2, 0) is 6.54 Å². The maximum atomic E-state index is 13.1. The molecule has 1 N–H and O–H groups in total. The lowest BCUT2D eigenvalue weighted by atomic mass is 10.1. The molecule has 0 spiro atoms. The zero-order chi connectivity index (χ0) is 20.3. The predicted octanol–water partition coefficient (Wildman–Crippen LogP) is 4.57. The fourth-order valence-electron chi connectivity index (χ4n) is 3.32. The molecule has 7 heteroatoms. The molecule has 0 bridgehead atoms. The van der Waals surface area contributed by atoms with Crippen LogP contribution in [0.25, 0.3) is 0 Å². The smallest absolute Gasteiger partial charge is 0.260 e. The van der Waals surface area contributed by atoms with Gasteiger partial charge >= 0.3 is 0 Å². The number of pyridine rings is 3. The number of hydrogen-bond donors (Lipinski definition) is 1. The largest absolute Gasteiger partial charge is 0.457 e. The molecule has 0 aliphatic carbocycles. The lowest BCUT2D eigenvalue weighted by molar-refractivity contribution is 0.0996. The number of aromatic nitrogens is 3. The summed E-state index contributed by atoms with van der Waals surface area (Å²) in [6, 6.07) is 16.6. The van der Waals surface area contributed by atoms with Crippen LogP contribution in [0.4, 0.5) is 17.2 Å². The molecule has 4 aromatic rings. The highest BCUT2D eigenvalue weighted by molar-refractivity contribution is 6.10. The van der Waals surface area contributed by atoms with Crippen LogP contribution in [0.15, 0.2) is 85.6 Å². The van der Waals surface area contributed by atoms with Gasteiger partial charge in [0.2, 0.25) is 0 Å². The number of amides is 1. The van der Waals surface area contributed by atoms with E-state index in [1.165, 1.54) is 0 Å². The molecule has 146 valence electrons. The minimum atomic E-state index is -0.0862. The minimum absolute atomic E-state index is 0.0862. The van der Waals surface area contributed by atoms with E-state index in [2.05, 4.69) is 20.3 Å². The van der Waals surface area contributed by atoms with Crippen LogP contribution in [0.5, 0.6) is 11.5 Å². The van der Waals surface area contributed by atoms with Crippen LogP contribution in [-0.4, -0.2) is 20.9 Å². The molecule has 1 aromatic carbocycles. The average Bonchev–Trinajstić information content (AvgIpc) is 3.11. The van der Waals surface area contributed by atoms with Gasteiger partial charge in [-0.3, -0.25) is 19.7 Å². The standard InChI is InChI=1S/C23H17N5O2/c29-23-21-13-18(27-17-3-8-24-9-4-17)2-1-16(21)15-28(23)22-14-20(7-12-26-22)30-19-5-10-25-11-6-19/h1-14H,15H2,(H,24,27). The molecule has 4 heterocycles. The van der Waals surface area contributed by atoms with E-state index < -0.39 is 0 Å². The first-order valence-corrected chi connectivity index (χ1v) is 9.42. The van der Waals surface area contributed by atoms with E-state index in [-0.39, 0.29) is 5.91 Å². The summed E-state index contributed by atoms with van der Waals surface area (Å²) in [6.07, 6.45) is 8.40. The Hall–Kier alpha value is -4.26. The Bertz CT molecular complexity index is 1200. The van der Waals surface area contributed by atoms with Gasteiger partial charge in [0.25, 0.3) is 5.91 Å². The summed E-state index contributed by atoms with van der Waals surface area (Å²) in [5.41, 5.74) is 3.38. The van der Waals surface area contributed by atoms with Gasteiger partial charge in [0, 0.05) is 54.0 Å². The van der Waals surface area contributed by atoms with Gasteiger partial charge in [-0.05, 0) is 48.0 Å². The molecule has 0 unspecified atom stereocenters. The number of carbonyl (C=O) groups excluding carboxylic acids is 1. The number of benzene rings is 1. The number of nitrogens with zero attached hydrogens (tertiary/aromatic N) is 4. The number of anilines is 3. The number of ether oxygens (including phenoxy) is 1. The molecule has 0 atom stereocenters. The van der Waals surface area contributed by atoms with Gasteiger partial charge in [0.05, 0.1) is 6.54 Å². The van der Waals surface area contributed by atoms with Gasteiger partial charge < -0.3 is 10.1 Å². The highest BCUT2D eigenvalue weighted by Gasteiger charge is 2.29. The maximum absolute atomic E-state index is 13.1. The van der Waals surface area contributed by atoms with Gasteiger partial charge in [-0.15, -0.1) is 0 Å². The lowest BCUT2D eigenvalue weighted by Gasteiger charge is -2.15. The Morgan fingerprint density at radius 1 is 0.800 bits per heavy atom. The third-order valence-corrected chi connectivity index (χ3v) is 4.76. The van der Waals surface area contributed by atoms with Crippen molar-refractivity contribution in [3.05, 3.63) is 96.7 Å². The van der Waals surface area contributed by atoms with Crippen molar-refractivity contribution in [1.29, 1.82) is 0 Å². The first-order chi connectivity index (χ1) is 14.8. The normalized spacial score (nSPS) is 12.5. The van der Waals surface area contributed by atoms with E-state index >= 15 is 0 Å². The summed E-state index contributed by atoms with van der Waals surface area (Å²) in [4.78, 5) is 27.1. The number of fused-ring (bicyclic) bond motifs is 1. The SMILES string of the molecule is O=C1c2cc(Nc3ccncc3)ccc2CN1c1cc(Oc2ccncc2)ccn1. The van der Waals surface area contributed by atoms with Crippen LogP contribution >= 0.6 is 0 Å². The summed E-state index contributed by atoms with van der Waals surface area (Å²) in [5.74, 6) is 1.74. The monoisotopic (exact) mass is 395 g/mol. The highest BCUT2D eigenvalue weighted by atomic mass is 16.5. The van der Waals surface area contributed by atoms with Crippen molar-refractivity contribution in [2.24, 2.45) is 0 Å². The van der Waals surface area contributed by atoms with Crippen molar-refractivity contribution in [1.82, 2.24) is 15.0 Å². The number of hydrogen-bond acceptors (Lipinski definition) is 6. The molecule has 0 saturated heterocycles. The van der Waals surface area contributed by atoms with Crippen molar-refractivity contribution in [2.45, 2.75) is 6.54 Å². The van der Waals surface area contributed by atoms with Crippen LogP contribution in [0.1, 0.15) is 15.9 Å². The molecule has 30 heavy (non-hydrogen) atoms. The average molecular weight is 395 g/mol. The quantitative estimate of drug-likeness (QED) is 0.533. The zero-order valence-electron chi connectivity index (χ0n) is 15.9. The third-order valence-electron chi connectivity index (χ3n) is 4.76. The molecular formula is C23H17N5O2. The fourth-order valence-corrected chi connectivity index (χ4v) is 3.32. The summed E-state index contributed by atoms with van der Waals surface area (Å²) in [7, 11) is 0. The van der Waals surface area contributed by atoms with E-state index in [0.717, 1.165) is 16.9 Å². The topological polar surface area (TPSA) is 80.2 Å². The Kier molecular flexibility index (Phi) is 4.53. The molecular weight excluding hydrogens is 378 g/mol. The van der Waals surface area contributed by atoms with Gasteiger partial charge in [-0.25, -0.2) is 4.98 Å². The van der Waals surface area contributed by atoms with Crippen molar-refractivity contribution in [2.75, 3.05) is 10.2 Å². The van der Waals surface area contributed by atoms with Gasteiger partial charge in [0.15, 0.2) is 0 Å². The summed E-state index contributed by atoms with van der Waals surface area (Å²) >= 11 is 0. The highest BCUT2D eigenvalue weighted by Crippen LogP contribution is 2.32. The first kappa shape index (κ1) is 17.8. The number of nitrogens with one attached hydrogen (secondary N) is 1. The number of carbonyl (C=O) groups is 1. The van der Waals surface area contributed by atoms with E-state index in [1.54, 1.807) is 60.1 Å². The molecule has 1 aliphatic rings. The van der Waals surface area contributed by atoms with Gasteiger partial charge in [-0.2, -0.15) is 0 Å². The second-order valence-electron chi connectivity index (χ2n) is 6.76. The first-order valence-electron chi connectivity index (χ1n) is 9.42. The van der Waals surface area contributed by atoms with Crippen molar-refractivity contribution < 1.29 is 9.53 Å². The second-order valence-corrected chi connectivity index (χ2v) is 6.76.